The van der Waals surface area contributed by atoms with Crippen LogP contribution in [0.3, 0.4) is 0 Å². The van der Waals surface area contributed by atoms with Crippen molar-refractivity contribution in [2.45, 2.75) is 112 Å². The molecular formula is C31H46O3. The summed E-state index contributed by atoms with van der Waals surface area (Å²) in [4.78, 5) is 37.8. The smallest absolute Gasteiger partial charge is 0.163 e. The predicted molar refractivity (Wildman–Crippen MR) is 139 cm³/mol. The van der Waals surface area contributed by atoms with Crippen LogP contribution in [0.15, 0.2) is 12.1 Å². The summed E-state index contributed by atoms with van der Waals surface area (Å²) in [5.41, 5.74) is 4.81. The largest absolute Gasteiger partial charge is 0.300 e. The summed E-state index contributed by atoms with van der Waals surface area (Å²) in [6, 6.07) is 4.45. The van der Waals surface area contributed by atoms with Crippen LogP contribution in [0.5, 0.6) is 0 Å². The highest BCUT2D eigenvalue weighted by Gasteiger charge is 2.34. The molecule has 1 saturated carbocycles. The van der Waals surface area contributed by atoms with Gasteiger partial charge in [-0.3, -0.25) is 14.4 Å². The van der Waals surface area contributed by atoms with Crippen molar-refractivity contribution in [3.05, 3.63) is 34.4 Å². The van der Waals surface area contributed by atoms with E-state index in [1.165, 1.54) is 43.7 Å². The van der Waals surface area contributed by atoms with Gasteiger partial charge < -0.3 is 0 Å². The summed E-state index contributed by atoms with van der Waals surface area (Å²) < 4.78 is 0. The van der Waals surface area contributed by atoms with E-state index in [1.807, 2.05) is 0 Å². The summed E-state index contributed by atoms with van der Waals surface area (Å²) in [6.07, 6.45) is 11.7. The maximum atomic E-state index is 13.4. The Hall–Kier alpha value is -1.77. The number of carbonyl (C=O) groups excluding carboxylic acids is 3. The Morgan fingerprint density at radius 2 is 1.74 bits per heavy atom. The fourth-order valence-electron chi connectivity index (χ4n) is 6.84. The number of carbonyl (C=O) groups is 3. The number of aryl methyl sites for hydroxylation is 1. The molecule has 1 aromatic rings. The Bertz CT molecular complexity index is 875. The minimum atomic E-state index is -0.0680. The van der Waals surface area contributed by atoms with Gasteiger partial charge >= 0.3 is 0 Å². The molecule has 0 spiro atoms. The summed E-state index contributed by atoms with van der Waals surface area (Å²) >= 11 is 0. The highest BCUT2D eigenvalue weighted by atomic mass is 16.1. The molecule has 3 unspecified atom stereocenters. The van der Waals surface area contributed by atoms with Crippen LogP contribution in [-0.2, 0) is 22.4 Å². The van der Waals surface area contributed by atoms with E-state index in [2.05, 4.69) is 39.8 Å². The first-order valence-corrected chi connectivity index (χ1v) is 13.9. The number of rotatable bonds is 11. The molecule has 3 nitrogen and oxygen atoms in total. The van der Waals surface area contributed by atoms with Crippen LogP contribution in [0.2, 0.25) is 0 Å². The van der Waals surface area contributed by atoms with Gasteiger partial charge in [-0.2, -0.15) is 0 Å². The van der Waals surface area contributed by atoms with Crippen molar-refractivity contribution >= 4 is 17.3 Å². The van der Waals surface area contributed by atoms with Crippen LogP contribution in [0.4, 0.5) is 0 Å². The van der Waals surface area contributed by atoms with Crippen LogP contribution in [0.1, 0.15) is 119 Å². The van der Waals surface area contributed by atoms with Crippen molar-refractivity contribution in [3.8, 4) is 0 Å². The van der Waals surface area contributed by atoms with E-state index in [9.17, 15) is 14.4 Å². The van der Waals surface area contributed by atoms with E-state index >= 15 is 0 Å². The second-order valence-corrected chi connectivity index (χ2v) is 11.6. The fraction of sp³-hybridized carbons (Fsp3) is 0.710. The molecule has 0 aliphatic heterocycles. The van der Waals surface area contributed by atoms with Crippen molar-refractivity contribution < 1.29 is 14.4 Å². The highest BCUT2D eigenvalue weighted by Crippen LogP contribution is 2.39. The number of Topliss-reactive ketones (excluding diaryl/α,β-unsaturated/α-hetero) is 3. The number of hydrogen-bond acceptors (Lipinski definition) is 3. The van der Waals surface area contributed by atoms with Crippen LogP contribution in [-0.4, -0.2) is 17.3 Å². The van der Waals surface area contributed by atoms with Crippen LogP contribution in [0, 0.1) is 36.5 Å². The van der Waals surface area contributed by atoms with Gasteiger partial charge in [-0.05, 0) is 92.7 Å². The fourth-order valence-corrected chi connectivity index (χ4v) is 6.84. The molecule has 0 amide bonds. The Morgan fingerprint density at radius 3 is 2.35 bits per heavy atom. The molecule has 2 aliphatic carbocycles. The van der Waals surface area contributed by atoms with Gasteiger partial charge in [-0.15, -0.1) is 0 Å². The summed E-state index contributed by atoms with van der Waals surface area (Å²) in [5.74, 6) is 2.42. The number of fused-ring (bicyclic) bond motifs is 1. The van der Waals surface area contributed by atoms with Crippen molar-refractivity contribution in [1.29, 1.82) is 0 Å². The zero-order chi connectivity index (χ0) is 24.8. The second kappa shape index (κ2) is 12.3. The Morgan fingerprint density at radius 1 is 1.03 bits per heavy atom. The molecular weight excluding hydrogens is 420 g/mol. The lowest BCUT2D eigenvalue weighted by Crippen LogP contribution is -2.30. The van der Waals surface area contributed by atoms with E-state index in [4.69, 9.17) is 0 Å². The normalized spacial score (nSPS) is 24.4. The molecule has 188 valence electrons. The van der Waals surface area contributed by atoms with Gasteiger partial charge in [0.2, 0.25) is 0 Å². The molecule has 0 N–H and O–H groups in total. The van der Waals surface area contributed by atoms with Gasteiger partial charge in [0.05, 0.1) is 6.42 Å². The first kappa shape index (κ1) is 26.8. The van der Waals surface area contributed by atoms with Gasteiger partial charge in [0.15, 0.2) is 5.78 Å². The number of ketones is 3. The first-order valence-electron chi connectivity index (χ1n) is 13.9. The molecule has 1 fully saturated rings. The summed E-state index contributed by atoms with van der Waals surface area (Å²) in [7, 11) is 0. The number of hydrogen-bond donors (Lipinski definition) is 0. The number of benzene rings is 1. The lowest BCUT2D eigenvalue weighted by atomic mass is 9.70. The maximum Gasteiger partial charge on any atom is 0.163 e. The quantitative estimate of drug-likeness (QED) is 0.317. The lowest BCUT2D eigenvalue weighted by molar-refractivity contribution is -0.129. The molecule has 3 rings (SSSR count). The van der Waals surface area contributed by atoms with Gasteiger partial charge in [0.1, 0.15) is 11.6 Å². The van der Waals surface area contributed by atoms with Crippen molar-refractivity contribution in [3.63, 3.8) is 0 Å². The van der Waals surface area contributed by atoms with Gasteiger partial charge in [-0.1, -0.05) is 58.6 Å². The van der Waals surface area contributed by atoms with Crippen molar-refractivity contribution in [2.75, 3.05) is 0 Å². The Labute approximate surface area is 207 Å². The van der Waals surface area contributed by atoms with Gasteiger partial charge in [0, 0.05) is 17.9 Å². The van der Waals surface area contributed by atoms with E-state index in [-0.39, 0.29) is 29.8 Å². The first-order chi connectivity index (χ1) is 16.2. The maximum absolute atomic E-state index is 13.4. The second-order valence-electron chi connectivity index (χ2n) is 11.6. The molecule has 0 aromatic heterocycles. The monoisotopic (exact) mass is 466 g/mol. The molecule has 0 heterocycles. The van der Waals surface area contributed by atoms with E-state index < -0.39 is 0 Å². The Kier molecular flexibility index (Phi) is 9.68. The van der Waals surface area contributed by atoms with Crippen LogP contribution >= 0.6 is 0 Å². The van der Waals surface area contributed by atoms with Crippen LogP contribution < -0.4 is 0 Å². The lowest BCUT2D eigenvalue weighted by Gasteiger charge is -2.33. The molecule has 0 bridgehead atoms. The highest BCUT2D eigenvalue weighted by molar-refractivity contribution is 6.00. The standard InChI is InChI=1S/C31H46O3/c1-6-8-25(27(7-2)29(33)15-22(5)32)17-24-18-28-26(16-23-12-9-20(3)10-13-23)14-11-21(4)31(28)30(34)19-24/h11,14,20,23-25,27H,6-10,12-13,15-19H2,1-5H3. The van der Waals surface area contributed by atoms with Gasteiger partial charge in [0.25, 0.3) is 0 Å². The van der Waals surface area contributed by atoms with E-state index in [0.717, 1.165) is 61.5 Å². The average molecular weight is 467 g/mol. The summed E-state index contributed by atoms with van der Waals surface area (Å²) in [5, 5.41) is 0. The summed E-state index contributed by atoms with van der Waals surface area (Å²) in [6.45, 7) is 10.2. The minimum absolute atomic E-state index is 0.0438. The third-order valence-corrected chi connectivity index (χ3v) is 8.65. The molecule has 0 saturated heterocycles. The molecule has 3 heteroatoms. The molecule has 34 heavy (non-hydrogen) atoms. The SMILES string of the molecule is CCCC(CC1CC(=O)c2c(C)ccc(CC3CCC(C)CC3)c2C1)C(CC)C(=O)CC(C)=O. The molecule has 1 aromatic carbocycles. The third kappa shape index (κ3) is 6.67. The predicted octanol–water partition coefficient (Wildman–Crippen LogP) is 7.49. The zero-order valence-electron chi connectivity index (χ0n) is 22.3. The van der Waals surface area contributed by atoms with Crippen molar-refractivity contribution in [2.24, 2.45) is 29.6 Å². The molecule has 3 atom stereocenters. The Balaban J connectivity index is 1.80. The van der Waals surface area contributed by atoms with E-state index in [0.29, 0.717) is 18.1 Å². The molecule has 2 aliphatic rings. The van der Waals surface area contributed by atoms with Crippen LogP contribution in [0.25, 0.3) is 0 Å². The average Bonchev–Trinajstić information content (AvgIpc) is 2.77. The minimum Gasteiger partial charge on any atom is -0.300 e. The third-order valence-electron chi connectivity index (χ3n) is 8.65. The van der Waals surface area contributed by atoms with Crippen molar-refractivity contribution in [1.82, 2.24) is 0 Å². The zero-order valence-corrected chi connectivity index (χ0v) is 22.3. The molecule has 0 radical (unpaired) electrons. The van der Waals surface area contributed by atoms with Gasteiger partial charge in [-0.25, -0.2) is 0 Å². The topological polar surface area (TPSA) is 51.2 Å². The van der Waals surface area contributed by atoms with E-state index in [1.54, 1.807) is 0 Å².